The van der Waals surface area contributed by atoms with E-state index < -0.39 is 0 Å². The Bertz CT molecular complexity index is 619. The Balaban J connectivity index is 2.72. The standard InChI is InChI=1S/C25H40O4/c1-6-7-8-9-10-11-12-13-21-14-15-22(28-24(26)16-19(2)3)23(18-21)29-25(27)17-20(4)5/h14-15,18-20H,6-13,16-17H2,1-5H3. The Hall–Kier alpha value is -1.84. The van der Waals surface area contributed by atoms with E-state index in [-0.39, 0.29) is 23.8 Å². The molecule has 0 heterocycles. The first kappa shape index (κ1) is 25.2. The van der Waals surface area contributed by atoms with Gasteiger partial charge in [-0.1, -0.05) is 79.2 Å². The molecule has 1 rings (SSSR count). The van der Waals surface area contributed by atoms with Crippen molar-refractivity contribution in [2.24, 2.45) is 11.8 Å². The first-order valence-corrected chi connectivity index (χ1v) is 11.4. The summed E-state index contributed by atoms with van der Waals surface area (Å²) in [7, 11) is 0. The van der Waals surface area contributed by atoms with Crippen LogP contribution in [-0.2, 0) is 16.0 Å². The van der Waals surface area contributed by atoms with Gasteiger partial charge in [0.2, 0.25) is 0 Å². The molecule has 1 aromatic carbocycles. The summed E-state index contributed by atoms with van der Waals surface area (Å²) in [5.41, 5.74) is 1.11. The summed E-state index contributed by atoms with van der Waals surface area (Å²) >= 11 is 0. The van der Waals surface area contributed by atoms with Gasteiger partial charge in [0.05, 0.1) is 0 Å². The fourth-order valence-corrected chi connectivity index (χ4v) is 3.15. The van der Waals surface area contributed by atoms with Gasteiger partial charge in [0.1, 0.15) is 0 Å². The molecule has 0 atom stereocenters. The zero-order valence-electron chi connectivity index (χ0n) is 19.1. The molecule has 1 aromatic rings. The van der Waals surface area contributed by atoms with Crippen LogP contribution < -0.4 is 9.47 Å². The third-order valence-electron chi connectivity index (χ3n) is 4.67. The molecule has 0 aliphatic rings. The number of rotatable bonds is 14. The maximum atomic E-state index is 12.2. The molecule has 29 heavy (non-hydrogen) atoms. The van der Waals surface area contributed by atoms with Crippen molar-refractivity contribution < 1.29 is 19.1 Å². The van der Waals surface area contributed by atoms with E-state index in [0.29, 0.717) is 24.3 Å². The van der Waals surface area contributed by atoms with Crippen LogP contribution in [0.25, 0.3) is 0 Å². The summed E-state index contributed by atoms with van der Waals surface area (Å²) in [6, 6.07) is 5.58. The third kappa shape index (κ3) is 11.7. The molecule has 0 saturated heterocycles. The molecule has 0 N–H and O–H groups in total. The second kappa shape index (κ2) is 14.2. The molecule has 0 aliphatic carbocycles. The molecule has 0 spiro atoms. The Labute approximate surface area is 177 Å². The van der Waals surface area contributed by atoms with E-state index in [1.807, 2.05) is 39.8 Å². The molecule has 0 amide bonds. The first-order valence-electron chi connectivity index (χ1n) is 11.4. The van der Waals surface area contributed by atoms with Gasteiger partial charge in [0.15, 0.2) is 11.5 Å². The molecule has 0 aromatic heterocycles. The molecule has 0 aliphatic heterocycles. The predicted octanol–water partition coefficient (Wildman–Crippen LogP) is 6.88. The second-order valence-corrected chi connectivity index (χ2v) is 8.80. The van der Waals surface area contributed by atoms with Crippen molar-refractivity contribution in [3.63, 3.8) is 0 Å². The second-order valence-electron chi connectivity index (χ2n) is 8.80. The van der Waals surface area contributed by atoms with Gasteiger partial charge < -0.3 is 9.47 Å². The minimum absolute atomic E-state index is 0.213. The van der Waals surface area contributed by atoms with Crippen LogP contribution >= 0.6 is 0 Å². The molecule has 0 saturated carbocycles. The SMILES string of the molecule is CCCCCCCCCc1ccc(OC(=O)CC(C)C)c(OC(=O)CC(C)C)c1. The van der Waals surface area contributed by atoms with Crippen LogP contribution in [0.5, 0.6) is 11.5 Å². The van der Waals surface area contributed by atoms with Crippen LogP contribution in [0.1, 0.15) is 98.0 Å². The van der Waals surface area contributed by atoms with E-state index in [1.54, 1.807) is 6.07 Å². The van der Waals surface area contributed by atoms with E-state index in [0.717, 1.165) is 18.4 Å². The lowest BCUT2D eigenvalue weighted by atomic mass is 10.0. The van der Waals surface area contributed by atoms with Crippen LogP contribution in [0.3, 0.4) is 0 Å². The quantitative estimate of drug-likeness (QED) is 0.193. The Morgan fingerprint density at radius 3 is 1.83 bits per heavy atom. The summed E-state index contributed by atoms with van der Waals surface area (Å²) in [5, 5.41) is 0. The molecule has 0 unspecified atom stereocenters. The smallest absolute Gasteiger partial charge is 0.311 e. The fourth-order valence-electron chi connectivity index (χ4n) is 3.15. The van der Waals surface area contributed by atoms with E-state index in [1.165, 1.54) is 38.5 Å². The number of ether oxygens (including phenoxy) is 2. The monoisotopic (exact) mass is 404 g/mol. The summed E-state index contributed by atoms with van der Waals surface area (Å²) in [4.78, 5) is 24.3. The van der Waals surface area contributed by atoms with Crippen LogP contribution in [-0.4, -0.2) is 11.9 Å². The highest BCUT2D eigenvalue weighted by Gasteiger charge is 2.16. The minimum atomic E-state index is -0.305. The van der Waals surface area contributed by atoms with Crippen molar-refractivity contribution in [3.05, 3.63) is 23.8 Å². The Kier molecular flexibility index (Phi) is 12.3. The van der Waals surface area contributed by atoms with Crippen molar-refractivity contribution >= 4 is 11.9 Å². The fraction of sp³-hybridized carbons (Fsp3) is 0.680. The average Bonchev–Trinajstić information content (AvgIpc) is 2.61. The van der Waals surface area contributed by atoms with E-state index in [4.69, 9.17) is 9.47 Å². The summed E-state index contributed by atoms with van der Waals surface area (Å²) in [6.45, 7) is 10.1. The molecule has 0 bridgehead atoms. The third-order valence-corrected chi connectivity index (χ3v) is 4.67. The molecular formula is C25H40O4. The highest BCUT2D eigenvalue weighted by Crippen LogP contribution is 2.30. The van der Waals surface area contributed by atoms with Crippen LogP contribution in [0.15, 0.2) is 18.2 Å². The number of carbonyl (C=O) groups is 2. The summed E-state index contributed by atoms with van der Waals surface area (Å²) < 4.78 is 11.0. The maximum Gasteiger partial charge on any atom is 0.311 e. The zero-order valence-corrected chi connectivity index (χ0v) is 19.1. The molecular weight excluding hydrogens is 364 g/mol. The number of hydrogen-bond donors (Lipinski definition) is 0. The van der Waals surface area contributed by atoms with Crippen molar-refractivity contribution in [2.75, 3.05) is 0 Å². The lowest BCUT2D eigenvalue weighted by Gasteiger charge is -2.14. The van der Waals surface area contributed by atoms with Gasteiger partial charge in [-0.05, 0) is 42.4 Å². The van der Waals surface area contributed by atoms with Crippen molar-refractivity contribution in [1.82, 2.24) is 0 Å². The highest BCUT2D eigenvalue weighted by molar-refractivity contribution is 5.76. The Morgan fingerprint density at radius 1 is 0.759 bits per heavy atom. The molecule has 4 heteroatoms. The molecule has 4 nitrogen and oxygen atoms in total. The van der Waals surface area contributed by atoms with Crippen LogP contribution in [0, 0.1) is 11.8 Å². The van der Waals surface area contributed by atoms with Crippen LogP contribution in [0.4, 0.5) is 0 Å². The molecule has 0 radical (unpaired) electrons. The lowest BCUT2D eigenvalue weighted by Crippen LogP contribution is -2.14. The van der Waals surface area contributed by atoms with Gasteiger partial charge in [0, 0.05) is 12.8 Å². The normalized spacial score (nSPS) is 11.1. The largest absolute Gasteiger partial charge is 0.423 e. The topological polar surface area (TPSA) is 52.6 Å². The number of aryl methyl sites for hydroxylation is 1. The number of esters is 2. The average molecular weight is 405 g/mol. The van der Waals surface area contributed by atoms with E-state index in [2.05, 4.69) is 6.92 Å². The van der Waals surface area contributed by atoms with Gasteiger partial charge in [-0.2, -0.15) is 0 Å². The predicted molar refractivity (Wildman–Crippen MR) is 118 cm³/mol. The van der Waals surface area contributed by atoms with Crippen molar-refractivity contribution in [3.8, 4) is 11.5 Å². The first-order chi connectivity index (χ1) is 13.8. The van der Waals surface area contributed by atoms with Gasteiger partial charge >= 0.3 is 11.9 Å². The Morgan fingerprint density at radius 2 is 1.28 bits per heavy atom. The van der Waals surface area contributed by atoms with Crippen LogP contribution in [0.2, 0.25) is 0 Å². The highest BCUT2D eigenvalue weighted by atomic mass is 16.6. The van der Waals surface area contributed by atoms with Gasteiger partial charge in [-0.15, -0.1) is 0 Å². The number of benzene rings is 1. The molecule has 164 valence electrons. The van der Waals surface area contributed by atoms with E-state index >= 15 is 0 Å². The lowest BCUT2D eigenvalue weighted by molar-refractivity contribution is -0.138. The van der Waals surface area contributed by atoms with Crippen molar-refractivity contribution in [2.45, 2.75) is 98.8 Å². The maximum absolute atomic E-state index is 12.2. The zero-order chi connectivity index (χ0) is 21.6. The number of hydrogen-bond acceptors (Lipinski definition) is 4. The van der Waals surface area contributed by atoms with Gasteiger partial charge in [-0.3, -0.25) is 9.59 Å². The van der Waals surface area contributed by atoms with Crippen molar-refractivity contribution in [1.29, 1.82) is 0 Å². The summed E-state index contributed by atoms with van der Waals surface area (Å²) in [5.74, 6) is 0.510. The van der Waals surface area contributed by atoms with Gasteiger partial charge in [-0.25, -0.2) is 0 Å². The van der Waals surface area contributed by atoms with Gasteiger partial charge in [0.25, 0.3) is 0 Å². The summed E-state index contributed by atoms with van der Waals surface area (Å²) in [6.07, 6.45) is 10.4. The number of unbranched alkanes of at least 4 members (excludes halogenated alkanes) is 6. The minimum Gasteiger partial charge on any atom is -0.423 e. The molecule has 0 fully saturated rings. The van der Waals surface area contributed by atoms with E-state index in [9.17, 15) is 9.59 Å². The number of carbonyl (C=O) groups excluding carboxylic acids is 2.